The van der Waals surface area contributed by atoms with E-state index in [0.29, 0.717) is 22.2 Å². The fourth-order valence-electron chi connectivity index (χ4n) is 1.78. The third-order valence-corrected chi connectivity index (χ3v) is 3.85. The second-order valence-electron chi connectivity index (χ2n) is 4.00. The lowest BCUT2D eigenvalue weighted by Gasteiger charge is -2.08. The van der Waals surface area contributed by atoms with Crippen molar-refractivity contribution in [3.63, 3.8) is 0 Å². The van der Waals surface area contributed by atoms with Gasteiger partial charge in [0, 0.05) is 16.5 Å². The van der Waals surface area contributed by atoms with Crippen LogP contribution in [-0.4, -0.2) is 11.5 Å². The molecule has 0 fully saturated rings. The second-order valence-corrected chi connectivity index (χ2v) is 5.55. The van der Waals surface area contributed by atoms with Gasteiger partial charge in [0.05, 0.1) is 9.82 Å². The molecule has 20 heavy (non-hydrogen) atoms. The van der Waals surface area contributed by atoms with Crippen LogP contribution >= 0.6 is 23.4 Å². The standard InChI is InChI=1S/C14H13ClN2O2S/c1-2-16-12-7-4-8-13(14(12)17(18)19)20-11-6-3-5-10(15)9-11/h3-9,16H,2H2,1H3. The minimum absolute atomic E-state index is 0.0966. The number of nitrogens with zero attached hydrogens (tertiary/aromatic N) is 1. The van der Waals surface area contributed by atoms with Crippen molar-refractivity contribution >= 4 is 34.7 Å². The van der Waals surface area contributed by atoms with Gasteiger partial charge in [0.15, 0.2) is 0 Å². The fourth-order valence-corrected chi connectivity index (χ4v) is 3.05. The molecule has 0 saturated heterocycles. The van der Waals surface area contributed by atoms with Gasteiger partial charge in [0.2, 0.25) is 0 Å². The van der Waals surface area contributed by atoms with Gasteiger partial charge >= 0.3 is 5.69 Å². The average Bonchev–Trinajstić information content (AvgIpc) is 2.39. The molecule has 0 atom stereocenters. The van der Waals surface area contributed by atoms with Crippen LogP contribution in [0.1, 0.15) is 6.92 Å². The molecule has 0 bridgehead atoms. The Morgan fingerprint density at radius 3 is 2.70 bits per heavy atom. The lowest BCUT2D eigenvalue weighted by atomic mass is 10.2. The zero-order chi connectivity index (χ0) is 14.5. The quantitative estimate of drug-likeness (QED) is 0.635. The molecule has 0 aliphatic rings. The van der Waals surface area contributed by atoms with Crippen molar-refractivity contribution in [3.8, 4) is 0 Å². The van der Waals surface area contributed by atoms with E-state index < -0.39 is 0 Å². The second kappa shape index (κ2) is 6.63. The molecule has 0 aromatic heterocycles. The number of rotatable bonds is 5. The topological polar surface area (TPSA) is 55.2 Å². The van der Waals surface area contributed by atoms with E-state index in [1.165, 1.54) is 11.8 Å². The Hall–Kier alpha value is -1.72. The lowest BCUT2D eigenvalue weighted by molar-refractivity contribution is -0.386. The molecule has 0 unspecified atom stereocenters. The van der Waals surface area contributed by atoms with Crippen molar-refractivity contribution in [2.75, 3.05) is 11.9 Å². The Morgan fingerprint density at radius 1 is 1.30 bits per heavy atom. The third-order valence-electron chi connectivity index (χ3n) is 2.57. The highest BCUT2D eigenvalue weighted by Gasteiger charge is 2.20. The van der Waals surface area contributed by atoms with Crippen molar-refractivity contribution in [2.24, 2.45) is 0 Å². The van der Waals surface area contributed by atoms with E-state index in [2.05, 4.69) is 5.32 Å². The lowest BCUT2D eigenvalue weighted by Crippen LogP contribution is -2.02. The molecule has 0 heterocycles. The van der Waals surface area contributed by atoms with E-state index in [4.69, 9.17) is 11.6 Å². The SMILES string of the molecule is CCNc1cccc(Sc2cccc(Cl)c2)c1[N+](=O)[O-]. The molecular formula is C14H13ClN2O2S. The van der Waals surface area contributed by atoms with Crippen molar-refractivity contribution in [1.29, 1.82) is 0 Å². The van der Waals surface area contributed by atoms with Gasteiger partial charge in [-0.25, -0.2) is 0 Å². The summed E-state index contributed by atoms with van der Waals surface area (Å²) < 4.78 is 0. The molecule has 0 aliphatic carbocycles. The summed E-state index contributed by atoms with van der Waals surface area (Å²) in [5, 5.41) is 14.9. The summed E-state index contributed by atoms with van der Waals surface area (Å²) in [4.78, 5) is 12.4. The number of nitro benzene ring substituents is 1. The van der Waals surface area contributed by atoms with Crippen molar-refractivity contribution in [3.05, 3.63) is 57.6 Å². The number of hydrogen-bond donors (Lipinski definition) is 1. The normalized spacial score (nSPS) is 10.3. The monoisotopic (exact) mass is 308 g/mol. The van der Waals surface area contributed by atoms with Crippen LogP contribution in [0.2, 0.25) is 5.02 Å². The molecule has 104 valence electrons. The molecule has 0 spiro atoms. The maximum Gasteiger partial charge on any atom is 0.306 e. The van der Waals surface area contributed by atoms with Crippen LogP contribution < -0.4 is 5.32 Å². The fraction of sp³-hybridized carbons (Fsp3) is 0.143. The first-order chi connectivity index (χ1) is 9.61. The number of anilines is 1. The predicted octanol–water partition coefficient (Wildman–Crippen LogP) is 4.83. The molecule has 2 aromatic carbocycles. The maximum atomic E-state index is 11.3. The van der Waals surface area contributed by atoms with Crippen LogP contribution in [-0.2, 0) is 0 Å². The Labute approximate surface area is 126 Å². The highest BCUT2D eigenvalue weighted by Crippen LogP contribution is 2.39. The number of nitrogens with one attached hydrogen (secondary N) is 1. The van der Waals surface area contributed by atoms with Gasteiger partial charge in [-0.15, -0.1) is 0 Å². The first-order valence-corrected chi connectivity index (χ1v) is 7.26. The Balaban J connectivity index is 2.40. The summed E-state index contributed by atoms with van der Waals surface area (Å²) in [5.74, 6) is 0. The van der Waals surface area contributed by atoms with Crippen LogP contribution in [0.4, 0.5) is 11.4 Å². The van der Waals surface area contributed by atoms with Gasteiger partial charge in [-0.1, -0.05) is 35.5 Å². The number of hydrogen-bond acceptors (Lipinski definition) is 4. The summed E-state index contributed by atoms with van der Waals surface area (Å²) in [7, 11) is 0. The van der Waals surface area contributed by atoms with Gasteiger partial charge in [-0.3, -0.25) is 10.1 Å². The molecule has 0 saturated carbocycles. The largest absolute Gasteiger partial charge is 0.380 e. The van der Waals surface area contributed by atoms with Crippen LogP contribution in [0.25, 0.3) is 0 Å². The summed E-state index contributed by atoms with van der Waals surface area (Å²) in [5.41, 5.74) is 0.629. The average molecular weight is 309 g/mol. The maximum absolute atomic E-state index is 11.3. The van der Waals surface area contributed by atoms with Gasteiger partial charge in [0.25, 0.3) is 0 Å². The van der Waals surface area contributed by atoms with Gasteiger partial charge in [-0.05, 0) is 37.3 Å². The molecular weight excluding hydrogens is 296 g/mol. The Morgan fingerprint density at radius 2 is 2.05 bits per heavy atom. The molecule has 0 radical (unpaired) electrons. The highest BCUT2D eigenvalue weighted by atomic mass is 35.5. The highest BCUT2D eigenvalue weighted by molar-refractivity contribution is 7.99. The minimum atomic E-state index is -0.356. The molecule has 1 N–H and O–H groups in total. The van der Waals surface area contributed by atoms with E-state index >= 15 is 0 Å². The first kappa shape index (κ1) is 14.7. The van der Waals surface area contributed by atoms with E-state index in [-0.39, 0.29) is 10.6 Å². The van der Waals surface area contributed by atoms with E-state index in [1.807, 2.05) is 19.1 Å². The molecule has 2 rings (SSSR count). The van der Waals surface area contributed by atoms with E-state index in [9.17, 15) is 10.1 Å². The van der Waals surface area contributed by atoms with Crippen LogP contribution in [0.3, 0.4) is 0 Å². The summed E-state index contributed by atoms with van der Waals surface area (Å²) in [6.45, 7) is 2.53. The van der Waals surface area contributed by atoms with Crippen molar-refractivity contribution < 1.29 is 4.92 Å². The van der Waals surface area contributed by atoms with Gasteiger partial charge in [-0.2, -0.15) is 0 Å². The van der Waals surface area contributed by atoms with Crippen LogP contribution in [0.5, 0.6) is 0 Å². The van der Waals surface area contributed by atoms with Gasteiger partial charge in [0.1, 0.15) is 5.69 Å². The number of benzene rings is 2. The number of halogens is 1. The van der Waals surface area contributed by atoms with E-state index in [0.717, 1.165) is 4.90 Å². The molecule has 4 nitrogen and oxygen atoms in total. The van der Waals surface area contributed by atoms with Crippen molar-refractivity contribution in [2.45, 2.75) is 16.7 Å². The molecule has 6 heteroatoms. The number of nitro groups is 1. The zero-order valence-electron chi connectivity index (χ0n) is 10.8. The Kier molecular flexibility index (Phi) is 4.87. The minimum Gasteiger partial charge on any atom is -0.380 e. The molecule has 0 amide bonds. The number of para-hydroxylation sites is 1. The summed E-state index contributed by atoms with van der Waals surface area (Å²) in [6, 6.07) is 12.5. The summed E-state index contributed by atoms with van der Waals surface area (Å²) in [6.07, 6.45) is 0. The van der Waals surface area contributed by atoms with E-state index in [1.54, 1.807) is 30.3 Å². The Bertz CT molecular complexity index is 634. The first-order valence-electron chi connectivity index (χ1n) is 6.06. The van der Waals surface area contributed by atoms with Crippen molar-refractivity contribution in [1.82, 2.24) is 0 Å². The van der Waals surface area contributed by atoms with Gasteiger partial charge < -0.3 is 5.32 Å². The molecule has 2 aromatic rings. The predicted molar refractivity (Wildman–Crippen MR) is 82.8 cm³/mol. The van der Waals surface area contributed by atoms with Crippen LogP contribution in [0, 0.1) is 10.1 Å². The molecule has 0 aliphatic heterocycles. The zero-order valence-corrected chi connectivity index (χ0v) is 12.4. The smallest absolute Gasteiger partial charge is 0.306 e. The summed E-state index contributed by atoms with van der Waals surface area (Å²) >= 11 is 7.27. The van der Waals surface area contributed by atoms with Crippen LogP contribution in [0.15, 0.2) is 52.3 Å². The third kappa shape index (κ3) is 3.43.